The van der Waals surface area contributed by atoms with Gasteiger partial charge in [0.2, 0.25) is 11.8 Å². The molecule has 0 radical (unpaired) electrons. The highest BCUT2D eigenvalue weighted by molar-refractivity contribution is 5.94. The fraction of sp³-hybridized carbons (Fsp3) is 0.500. The van der Waals surface area contributed by atoms with E-state index < -0.39 is 54.4 Å². The minimum atomic E-state index is -1.44. The van der Waals surface area contributed by atoms with Gasteiger partial charge in [-0.1, -0.05) is 6.92 Å². The SMILES string of the molecule is CCC(=O)Nc1cccn([C@H]2CC(C)N(C(CC(=O)O)C(=O)CF)C2=O)c1=O. The van der Waals surface area contributed by atoms with Gasteiger partial charge < -0.3 is 19.9 Å². The molecule has 1 aliphatic rings. The number of hydrogen-bond acceptors (Lipinski definition) is 5. The first-order valence-corrected chi connectivity index (χ1v) is 8.84. The van der Waals surface area contributed by atoms with Crippen LogP contribution in [0.15, 0.2) is 23.1 Å². The number of hydrogen-bond donors (Lipinski definition) is 2. The van der Waals surface area contributed by atoms with Gasteiger partial charge in [-0.15, -0.1) is 0 Å². The zero-order valence-electron chi connectivity index (χ0n) is 15.6. The Morgan fingerprint density at radius 3 is 2.61 bits per heavy atom. The Labute approximate surface area is 160 Å². The second-order valence-corrected chi connectivity index (χ2v) is 6.60. The van der Waals surface area contributed by atoms with E-state index in [4.69, 9.17) is 5.11 Å². The zero-order chi connectivity index (χ0) is 21.0. The molecule has 10 heteroatoms. The average molecular weight is 395 g/mol. The molecule has 0 saturated carbocycles. The third kappa shape index (κ3) is 4.26. The van der Waals surface area contributed by atoms with Crippen LogP contribution in [0.3, 0.4) is 0 Å². The van der Waals surface area contributed by atoms with Crippen molar-refractivity contribution in [3.8, 4) is 0 Å². The van der Waals surface area contributed by atoms with Crippen LogP contribution in [-0.4, -0.2) is 56.9 Å². The largest absolute Gasteiger partial charge is 0.481 e. The summed E-state index contributed by atoms with van der Waals surface area (Å²) in [4.78, 5) is 61.2. The number of Topliss-reactive ketones (excluding diaryl/α,β-unsaturated/α-hetero) is 1. The summed E-state index contributed by atoms with van der Waals surface area (Å²) < 4.78 is 14.1. The van der Waals surface area contributed by atoms with Crippen molar-refractivity contribution in [1.29, 1.82) is 0 Å². The van der Waals surface area contributed by atoms with Crippen molar-refractivity contribution in [3.05, 3.63) is 28.7 Å². The standard InChI is InChI=1S/C18H22FN3O6/c1-3-15(24)20-11-5-4-6-21(17(11)27)13-7-10(2)22(18(13)28)12(8-16(25)26)14(23)9-19/h4-6,10,12-13H,3,7-9H2,1-2H3,(H,20,24)(H,25,26)/t10?,12?,13-/m0/s1. The van der Waals surface area contributed by atoms with E-state index in [1.165, 1.54) is 18.3 Å². The van der Waals surface area contributed by atoms with Crippen molar-refractivity contribution in [2.75, 3.05) is 12.0 Å². The van der Waals surface area contributed by atoms with E-state index in [1.807, 2.05) is 0 Å². The highest BCUT2D eigenvalue weighted by atomic mass is 19.1. The molecule has 152 valence electrons. The van der Waals surface area contributed by atoms with Crippen LogP contribution in [0.5, 0.6) is 0 Å². The van der Waals surface area contributed by atoms with Crippen molar-refractivity contribution in [2.24, 2.45) is 0 Å². The normalized spacial score (nSPS) is 20.1. The van der Waals surface area contributed by atoms with E-state index in [0.717, 1.165) is 9.47 Å². The number of likely N-dealkylation sites (tertiary alicyclic amines) is 1. The molecule has 1 saturated heterocycles. The van der Waals surface area contributed by atoms with E-state index >= 15 is 0 Å². The number of nitrogens with one attached hydrogen (secondary N) is 1. The molecule has 2 heterocycles. The number of carboxylic acids is 1. The Bertz CT molecular complexity index is 852. The number of aliphatic carboxylic acids is 1. The third-order valence-corrected chi connectivity index (χ3v) is 4.69. The molecule has 2 N–H and O–H groups in total. The van der Waals surface area contributed by atoms with Crippen LogP contribution < -0.4 is 10.9 Å². The van der Waals surface area contributed by atoms with E-state index in [9.17, 15) is 28.4 Å². The van der Waals surface area contributed by atoms with E-state index in [2.05, 4.69) is 5.32 Å². The number of ketones is 1. The molecule has 1 aliphatic heterocycles. The van der Waals surface area contributed by atoms with Gasteiger partial charge in [-0.05, 0) is 25.5 Å². The maximum absolute atomic E-state index is 12.9. The van der Waals surface area contributed by atoms with Gasteiger partial charge in [0, 0.05) is 18.7 Å². The topological polar surface area (TPSA) is 126 Å². The first-order valence-electron chi connectivity index (χ1n) is 8.84. The quantitative estimate of drug-likeness (QED) is 0.669. The number of rotatable bonds is 8. The number of halogens is 1. The lowest BCUT2D eigenvalue weighted by molar-refractivity contribution is -0.146. The lowest BCUT2D eigenvalue weighted by Gasteiger charge is -2.29. The Kier molecular flexibility index (Phi) is 6.66. The first-order chi connectivity index (χ1) is 13.2. The first kappa shape index (κ1) is 21.3. The number of pyridine rings is 1. The lowest BCUT2D eigenvalue weighted by Crippen LogP contribution is -2.48. The molecule has 28 heavy (non-hydrogen) atoms. The van der Waals surface area contributed by atoms with Gasteiger partial charge in [-0.25, -0.2) is 4.39 Å². The Balaban J connectivity index is 2.37. The van der Waals surface area contributed by atoms with Gasteiger partial charge in [0.25, 0.3) is 5.56 Å². The predicted molar refractivity (Wildman–Crippen MR) is 96.6 cm³/mol. The molecule has 0 aromatic carbocycles. The molecule has 2 amide bonds. The van der Waals surface area contributed by atoms with Crippen molar-refractivity contribution >= 4 is 29.3 Å². The second kappa shape index (κ2) is 8.77. The highest BCUT2D eigenvalue weighted by Gasteiger charge is 2.45. The predicted octanol–water partition coefficient (Wildman–Crippen LogP) is 0.741. The molecule has 0 aliphatic carbocycles. The van der Waals surface area contributed by atoms with E-state index in [-0.39, 0.29) is 24.4 Å². The van der Waals surface area contributed by atoms with Crippen LogP contribution >= 0.6 is 0 Å². The monoisotopic (exact) mass is 395 g/mol. The number of carbonyl (C=O) groups excluding carboxylic acids is 3. The summed E-state index contributed by atoms with van der Waals surface area (Å²) in [5.74, 6) is -3.34. The molecule has 2 unspecified atom stereocenters. The molecular formula is C18H22FN3O6. The fourth-order valence-corrected chi connectivity index (χ4v) is 3.33. The second-order valence-electron chi connectivity index (χ2n) is 6.60. The molecule has 1 aromatic heterocycles. The lowest BCUT2D eigenvalue weighted by atomic mass is 10.1. The van der Waals surface area contributed by atoms with Gasteiger partial charge in [0.15, 0.2) is 5.78 Å². The average Bonchev–Trinajstić information content (AvgIpc) is 2.94. The number of carbonyl (C=O) groups is 4. The summed E-state index contributed by atoms with van der Waals surface area (Å²) in [5, 5.41) is 11.5. The minimum absolute atomic E-state index is 0.00942. The third-order valence-electron chi connectivity index (χ3n) is 4.69. The Morgan fingerprint density at radius 2 is 2.04 bits per heavy atom. The van der Waals surface area contributed by atoms with Crippen LogP contribution in [0, 0.1) is 0 Å². The van der Waals surface area contributed by atoms with E-state index in [0.29, 0.717) is 0 Å². The summed E-state index contributed by atoms with van der Waals surface area (Å²) in [5.41, 5.74) is -0.585. The van der Waals surface area contributed by atoms with Crippen LogP contribution in [0.25, 0.3) is 0 Å². The fourth-order valence-electron chi connectivity index (χ4n) is 3.33. The summed E-state index contributed by atoms with van der Waals surface area (Å²) in [6, 6.07) is -0.0850. The molecular weight excluding hydrogens is 373 g/mol. The number of aromatic nitrogens is 1. The van der Waals surface area contributed by atoms with Crippen molar-refractivity contribution in [1.82, 2.24) is 9.47 Å². The smallest absolute Gasteiger partial charge is 0.305 e. The molecule has 1 aromatic rings. The Hall–Kier alpha value is -3.04. The summed E-state index contributed by atoms with van der Waals surface area (Å²) in [6.07, 6.45) is 0.974. The summed E-state index contributed by atoms with van der Waals surface area (Å²) in [6.45, 7) is 1.84. The summed E-state index contributed by atoms with van der Waals surface area (Å²) >= 11 is 0. The van der Waals surface area contributed by atoms with Crippen molar-refractivity contribution in [2.45, 2.75) is 51.2 Å². The van der Waals surface area contributed by atoms with Crippen LogP contribution in [-0.2, 0) is 19.2 Å². The number of alkyl halides is 1. The summed E-state index contributed by atoms with van der Waals surface area (Å²) in [7, 11) is 0. The molecule has 0 bridgehead atoms. The number of nitrogens with zero attached hydrogens (tertiary/aromatic N) is 2. The Morgan fingerprint density at radius 1 is 1.36 bits per heavy atom. The van der Waals surface area contributed by atoms with E-state index in [1.54, 1.807) is 13.8 Å². The molecule has 1 fully saturated rings. The molecule has 9 nitrogen and oxygen atoms in total. The van der Waals surface area contributed by atoms with Crippen LogP contribution in [0.1, 0.15) is 39.2 Å². The number of amides is 2. The van der Waals surface area contributed by atoms with Crippen molar-refractivity contribution in [3.63, 3.8) is 0 Å². The van der Waals surface area contributed by atoms with Crippen LogP contribution in [0.4, 0.5) is 10.1 Å². The van der Waals surface area contributed by atoms with Gasteiger partial charge in [0.1, 0.15) is 24.4 Å². The van der Waals surface area contributed by atoms with Gasteiger partial charge in [-0.3, -0.25) is 24.0 Å². The molecule has 3 atom stereocenters. The minimum Gasteiger partial charge on any atom is -0.481 e. The maximum atomic E-state index is 12.9. The van der Waals surface area contributed by atoms with Gasteiger partial charge in [0.05, 0.1) is 6.42 Å². The number of anilines is 1. The number of carboxylic acid groups (broad SMARTS) is 1. The van der Waals surface area contributed by atoms with Crippen molar-refractivity contribution < 1.29 is 28.7 Å². The van der Waals surface area contributed by atoms with Gasteiger partial charge >= 0.3 is 5.97 Å². The molecule has 0 spiro atoms. The maximum Gasteiger partial charge on any atom is 0.305 e. The zero-order valence-corrected chi connectivity index (χ0v) is 15.6. The highest BCUT2D eigenvalue weighted by Crippen LogP contribution is 2.31. The molecule has 2 rings (SSSR count). The van der Waals surface area contributed by atoms with Crippen LogP contribution in [0.2, 0.25) is 0 Å². The van der Waals surface area contributed by atoms with Gasteiger partial charge in [-0.2, -0.15) is 0 Å².